The fourth-order valence-electron chi connectivity index (χ4n) is 1.80. The zero-order valence-corrected chi connectivity index (χ0v) is 10.5. The van der Waals surface area contributed by atoms with Gasteiger partial charge in [0.2, 0.25) is 0 Å². The minimum Gasteiger partial charge on any atom is -0.478 e. The van der Waals surface area contributed by atoms with Gasteiger partial charge in [0.05, 0.1) is 11.1 Å². The maximum absolute atomic E-state index is 11.2. The van der Waals surface area contributed by atoms with Crippen molar-refractivity contribution in [2.45, 2.75) is 6.54 Å². The second-order valence-corrected chi connectivity index (χ2v) is 4.21. The molecule has 0 heterocycles. The molecule has 0 saturated heterocycles. The molecule has 0 aromatic heterocycles. The summed E-state index contributed by atoms with van der Waals surface area (Å²) in [5.74, 6) is -2.31. The van der Waals surface area contributed by atoms with Gasteiger partial charge in [0.25, 0.3) is 0 Å². The van der Waals surface area contributed by atoms with Crippen molar-refractivity contribution in [1.82, 2.24) is 0 Å². The summed E-state index contributed by atoms with van der Waals surface area (Å²) in [5.41, 5.74) is 1.30. The van der Waals surface area contributed by atoms with Gasteiger partial charge in [-0.05, 0) is 23.8 Å². The van der Waals surface area contributed by atoms with Gasteiger partial charge < -0.3 is 15.5 Å². The van der Waals surface area contributed by atoms with E-state index in [0.29, 0.717) is 12.2 Å². The number of carboxylic acid groups (broad SMARTS) is 2. The first-order valence-corrected chi connectivity index (χ1v) is 5.96. The summed E-state index contributed by atoms with van der Waals surface area (Å²) < 4.78 is 0. The molecule has 3 N–H and O–H groups in total. The minimum atomic E-state index is -1.16. The molecule has 0 saturated carbocycles. The van der Waals surface area contributed by atoms with Crippen molar-refractivity contribution in [3.05, 3.63) is 65.2 Å². The van der Waals surface area contributed by atoms with Crippen molar-refractivity contribution in [2.24, 2.45) is 0 Å². The Morgan fingerprint density at radius 2 is 1.65 bits per heavy atom. The molecule has 102 valence electrons. The molecular formula is C15H13NO4. The second-order valence-electron chi connectivity index (χ2n) is 4.21. The van der Waals surface area contributed by atoms with Crippen LogP contribution >= 0.6 is 0 Å². The Hall–Kier alpha value is -2.82. The van der Waals surface area contributed by atoms with E-state index in [4.69, 9.17) is 10.2 Å². The van der Waals surface area contributed by atoms with Gasteiger partial charge in [-0.1, -0.05) is 30.3 Å². The average molecular weight is 271 g/mol. The summed E-state index contributed by atoms with van der Waals surface area (Å²) in [6, 6.07) is 13.5. The molecule has 20 heavy (non-hydrogen) atoms. The molecule has 0 atom stereocenters. The molecule has 5 nitrogen and oxygen atoms in total. The highest BCUT2D eigenvalue weighted by Gasteiger charge is 2.13. The van der Waals surface area contributed by atoms with Crippen LogP contribution < -0.4 is 5.32 Å². The monoisotopic (exact) mass is 271 g/mol. The third kappa shape index (κ3) is 3.14. The van der Waals surface area contributed by atoms with Gasteiger partial charge in [0, 0.05) is 12.2 Å². The smallest absolute Gasteiger partial charge is 0.337 e. The quantitative estimate of drug-likeness (QED) is 0.778. The summed E-state index contributed by atoms with van der Waals surface area (Å²) in [7, 11) is 0. The minimum absolute atomic E-state index is 0.0485. The second kappa shape index (κ2) is 5.88. The zero-order valence-electron chi connectivity index (χ0n) is 10.5. The lowest BCUT2D eigenvalue weighted by molar-refractivity contribution is 0.0696. The molecule has 0 unspecified atom stereocenters. The molecule has 0 radical (unpaired) electrons. The molecule has 0 aliphatic carbocycles. The Morgan fingerprint density at radius 3 is 2.25 bits per heavy atom. The highest BCUT2D eigenvalue weighted by Crippen LogP contribution is 2.19. The number of benzene rings is 2. The number of nitrogens with one attached hydrogen (secondary N) is 1. The van der Waals surface area contributed by atoms with Crippen LogP contribution in [0.3, 0.4) is 0 Å². The molecule has 0 amide bonds. The lowest BCUT2D eigenvalue weighted by Gasteiger charge is -2.10. The van der Waals surface area contributed by atoms with E-state index in [1.807, 2.05) is 30.3 Å². The predicted molar refractivity (Wildman–Crippen MR) is 74.1 cm³/mol. The number of hydrogen-bond acceptors (Lipinski definition) is 3. The fraction of sp³-hybridized carbons (Fsp3) is 0.0667. The van der Waals surface area contributed by atoms with Crippen LogP contribution in [0, 0.1) is 0 Å². The number of carboxylic acids is 2. The van der Waals surface area contributed by atoms with Crippen LogP contribution in [0.25, 0.3) is 0 Å². The molecule has 0 aliphatic heterocycles. The first-order valence-electron chi connectivity index (χ1n) is 5.96. The van der Waals surface area contributed by atoms with Gasteiger partial charge in [-0.3, -0.25) is 0 Å². The first kappa shape index (κ1) is 13.6. The van der Waals surface area contributed by atoms with Gasteiger partial charge in [-0.2, -0.15) is 0 Å². The van der Waals surface area contributed by atoms with E-state index >= 15 is 0 Å². The zero-order chi connectivity index (χ0) is 14.5. The van der Waals surface area contributed by atoms with Crippen molar-refractivity contribution in [1.29, 1.82) is 0 Å². The predicted octanol–water partition coefficient (Wildman–Crippen LogP) is 2.70. The number of aromatic carboxylic acids is 2. The molecular weight excluding hydrogens is 258 g/mol. The molecule has 0 fully saturated rings. The normalized spacial score (nSPS) is 10.0. The van der Waals surface area contributed by atoms with Crippen molar-refractivity contribution >= 4 is 17.6 Å². The van der Waals surface area contributed by atoms with Gasteiger partial charge in [-0.15, -0.1) is 0 Å². The van der Waals surface area contributed by atoms with Crippen LogP contribution in [0.1, 0.15) is 26.3 Å². The fourth-order valence-corrected chi connectivity index (χ4v) is 1.80. The SMILES string of the molecule is O=C(O)c1ccc(NCc2ccccc2)c(C(=O)O)c1. The largest absolute Gasteiger partial charge is 0.478 e. The Kier molecular flexibility index (Phi) is 4.00. The van der Waals surface area contributed by atoms with E-state index in [1.165, 1.54) is 12.1 Å². The standard InChI is InChI=1S/C15H13NO4/c17-14(18)11-6-7-13(12(8-11)15(19)20)16-9-10-4-2-1-3-5-10/h1-8,16H,9H2,(H,17,18)(H,19,20). The summed E-state index contributed by atoms with van der Waals surface area (Å²) in [6.45, 7) is 0.466. The van der Waals surface area contributed by atoms with Gasteiger partial charge in [0.1, 0.15) is 0 Å². The first-order chi connectivity index (χ1) is 9.58. The number of hydrogen-bond donors (Lipinski definition) is 3. The van der Waals surface area contributed by atoms with E-state index in [9.17, 15) is 9.59 Å². The van der Waals surface area contributed by atoms with Gasteiger partial charge in [0.15, 0.2) is 0 Å². The van der Waals surface area contributed by atoms with E-state index in [1.54, 1.807) is 0 Å². The van der Waals surface area contributed by atoms with Crippen LogP contribution in [-0.2, 0) is 6.54 Å². The summed E-state index contributed by atoms with van der Waals surface area (Å²) >= 11 is 0. The molecule has 5 heteroatoms. The maximum atomic E-state index is 11.2. The lowest BCUT2D eigenvalue weighted by Crippen LogP contribution is -2.08. The van der Waals surface area contributed by atoms with E-state index in [2.05, 4.69) is 5.32 Å². The van der Waals surface area contributed by atoms with Gasteiger partial charge >= 0.3 is 11.9 Å². The van der Waals surface area contributed by atoms with Crippen molar-refractivity contribution in [3.63, 3.8) is 0 Å². The summed E-state index contributed by atoms with van der Waals surface area (Å²) in [5, 5.41) is 21.0. The lowest BCUT2D eigenvalue weighted by atomic mass is 10.1. The van der Waals surface area contributed by atoms with Crippen LogP contribution in [0.15, 0.2) is 48.5 Å². The summed E-state index contributed by atoms with van der Waals surface area (Å²) in [6.07, 6.45) is 0. The molecule has 2 aromatic carbocycles. The van der Waals surface area contributed by atoms with E-state index < -0.39 is 11.9 Å². The summed E-state index contributed by atoms with van der Waals surface area (Å²) in [4.78, 5) is 22.0. The van der Waals surface area contributed by atoms with E-state index in [0.717, 1.165) is 11.6 Å². The maximum Gasteiger partial charge on any atom is 0.337 e. The van der Waals surface area contributed by atoms with Crippen LogP contribution in [0.4, 0.5) is 5.69 Å². The van der Waals surface area contributed by atoms with Crippen molar-refractivity contribution < 1.29 is 19.8 Å². The molecule has 0 bridgehead atoms. The van der Waals surface area contributed by atoms with Crippen LogP contribution in [0.5, 0.6) is 0 Å². The van der Waals surface area contributed by atoms with Crippen LogP contribution in [0.2, 0.25) is 0 Å². The Morgan fingerprint density at radius 1 is 0.950 bits per heavy atom. The Labute approximate surface area is 115 Å². The van der Waals surface area contributed by atoms with Gasteiger partial charge in [-0.25, -0.2) is 9.59 Å². The number of carbonyl (C=O) groups is 2. The third-order valence-corrected chi connectivity index (χ3v) is 2.82. The topological polar surface area (TPSA) is 86.6 Å². The highest BCUT2D eigenvalue weighted by atomic mass is 16.4. The molecule has 0 aliphatic rings. The molecule has 2 aromatic rings. The Balaban J connectivity index is 2.23. The third-order valence-electron chi connectivity index (χ3n) is 2.82. The molecule has 2 rings (SSSR count). The number of rotatable bonds is 5. The number of anilines is 1. The van der Waals surface area contributed by atoms with Crippen molar-refractivity contribution in [2.75, 3.05) is 5.32 Å². The van der Waals surface area contributed by atoms with Crippen molar-refractivity contribution in [3.8, 4) is 0 Å². The highest BCUT2D eigenvalue weighted by molar-refractivity contribution is 5.98. The molecule has 0 spiro atoms. The van der Waals surface area contributed by atoms with E-state index in [-0.39, 0.29) is 11.1 Å². The average Bonchev–Trinajstić information content (AvgIpc) is 2.45. The Bertz CT molecular complexity index is 638. The van der Waals surface area contributed by atoms with Crippen LogP contribution in [-0.4, -0.2) is 22.2 Å².